The molecule has 4 nitrogen and oxygen atoms in total. The molecule has 0 spiro atoms. The largest absolute Gasteiger partial charge is 0.433 e. The average molecular weight is 443 g/mol. The summed E-state index contributed by atoms with van der Waals surface area (Å²) in [6, 6.07) is 8.07. The van der Waals surface area contributed by atoms with Crippen molar-refractivity contribution in [3.05, 3.63) is 53.7 Å². The van der Waals surface area contributed by atoms with Crippen LogP contribution in [0.5, 0.6) is 0 Å². The van der Waals surface area contributed by atoms with Gasteiger partial charge in [0.25, 0.3) is 0 Å². The van der Waals surface area contributed by atoms with Gasteiger partial charge in [-0.25, -0.2) is 4.98 Å². The number of aromatic nitrogens is 1. The second-order valence-electron chi connectivity index (χ2n) is 7.91. The third kappa shape index (κ3) is 3.95. The van der Waals surface area contributed by atoms with Gasteiger partial charge in [0.2, 0.25) is 5.91 Å². The molecular formula is C21H19F6N3O. The number of piperidine rings is 1. The first-order valence-corrected chi connectivity index (χ1v) is 9.74. The van der Waals surface area contributed by atoms with Crippen LogP contribution < -0.4 is 9.80 Å². The summed E-state index contributed by atoms with van der Waals surface area (Å²) in [6.07, 6.45) is -8.22. The third-order valence-electron chi connectivity index (χ3n) is 6.01. The van der Waals surface area contributed by atoms with E-state index in [0.29, 0.717) is 31.0 Å². The van der Waals surface area contributed by atoms with Crippen LogP contribution in [0.2, 0.25) is 0 Å². The number of carbonyl (C=O) groups is 1. The van der Waals surface area contributed by atoms with E-state index in [0.717, 1.165) is 0 Å². The van der Waals surface area contributed by atoms with Crippen molar-refractivity contribution in [1.29, 1.82) is 0 Å². The van der Waals surface area contributed by atoms with Crippen LogP contribution in [0.3, 0.4) is 0 Å². The van der Waals surface area contributed by atoms with Crippen molar-refractivity contribution in [3.8, 4) is 0 Å². The predicted molar refractivity (Wildman–Crippen MR) is 101 cm³/mol. The summed E-state index contributed by atoms with van der Waals surface area (Å²) in [6.45, 7) is 0. The van der Waals surface area contributed by atoms with Gasteiger partial charge in [-0.15, -0.1) is 0 Å². The van der Waals surface area contributed by atoms with Crippen molar-refractivity contribution in [2.45, 2.75) is 43.7 Å². The van der Waals surface area contributed by atoms with Gasteiger partial charge in [0.15, 0.2) is 0 Å². The lowest BCUT2D eigenvalue weighted by Gasteiger charge is -2.37. The standard InChI is InChI=1S/C21H19F6N3O/c1-29(14-5-3-2-4-6-14)19(31)18-12-7-8-15(9-12)30(18)17-11-13(20(22,23)24)10-16(28-17)21(25,26)27/h2-6,10-12,15,18H,7-9H2,1H3/t12-,15+,18-/m0/s1. The van der Waals surface area contributed by atoms with Crippen LogP contribution in [0.4, 0.5) is 37.8 Å². The number of carbonyl (C=O) groups excluding carboxylic acids is 1. The number of anilines is 2. The Balaban J connectivity index is 1.76. The fourth-order valence-electron chi connectivity index (χ4n) is 4.57. The smallest absolute Gasteiger partial charge is 0.341 e. The zero-order valence-corrected chi connectivity index (χ0v) is 16.4. The van der Waals surface area contributed by atoms with E-state index in [1.54, 1.807) is 37.4 Å². The van der Waals surface area contributed by atoms with Crippen molar-refractivity contribution in [1.82, 2.24) is 4.98 Å². The molecule has 1 aromatic carbocycles. The van der Waals surface area contributed by atoms with E-state index in [1.807, 2.05) is 0 Å². The molecule has 2 aromatic rings. The summed E-state index contributed by atoms with van der Waals surface area (Å²) >= 11 is 0. The first-order valence-electron chi connectivity index (χ1n) is 9.74. The molecule has 1 aromatic heterocycles. The minimum Gasteiger partial charge on any atom is -0.341 e. The van der Waals surface area contributed by atoms with Crippen LogP contribution in [-0.2, 0) is 17.1 Å². The highest BCUT2D eigenvalue weighted by Crippen LogP contribution is 2.46. The summed E-state index contributed by atoms with van der Waals surface area (Å²) in [4.78, 5) is 19.6. The minimum atomic E-state index is -5.05. The zero-order valence-electron chi connectivity index (χ0n) is 16.4. The highest BCUT2D eigenvalue weighted by Gasteiger charge is 2.51. The van der Waals surface area contributed by atoms with Gasteiger partial charge in [-0.05, 0) is 49.4 Å². The number of fused-ring (bicyclic) bond motifs is 2. The van der Waals surface area contributed by atoms with Crippen molar-refractivity contribution < 1.29 is 31.1 Å². The van der Waals surface area contributed by atoms with Crippen molar-refractivity contribution >= 4 is 17.4 Å². The van der Waals surface area contributed by atoms with E-state index in [4.69, 9.17) is 0 Å². The topological polar surface area (TPSA) is 36.4 Å². The van der Waals surface area contributed by atoms with E-state index in [2.05, 4.69) is 4.98 Å². The average Bonchev–Trinajstić information content (AvgIpc) is 3.33. The number of rotatable bonds is 3. The van der Waals surface area contributed by atoms with Crippen LogP contribution >= 0.6 is 0 Å². The van der Waals surface area contributed by atoms with E-state index in [1.165, 1.54) is 9.80 Å². The summed E-state index contributed by atoms with van der Waals surface area (Å²) in [5.41, 5.74) is -2.47. The molecule has 2 aliphatic rings. The van der Waals surface area contributed by atoms with Gasteiger partial charge in [0, 0.05) is 18.8 Å². The second-order valence-corrected chi connectivity index (χ2v) is 7.91. The molecule has 1 saturated carbocycles. The third-order valence-corrected chi connectivity index (χ3v) is 6.01. The second kappa shape index (κ2) is 7.42. The van der Waals surface area contributed by atoms with Gasteiger partial charge >= 0.3 is 12.4 Å². The lowest BCUT2D eigenvalue weighted by Crippen LogP contribution is -2.51. The van der Waals surface area contributed by atoms with Crippen LogP contribution in [-0.4, -0.2) is 30.0 Å². The molecule has 2 bridgehead atoms. The number of nitrogens with zero attached hydrogens (tertiary/aromatic N) is 3. The lowest BCUT2D eigenvalue weighted by molar-refractivity contribution is -0.145. The summed E-state index contributed by atoms with van der Waals surface area (Å²) in [5.74, 6) is -1.00. The molecule has 1 aliphatic heterocycles. The van der Waals surface area contributed by atoms with Gasteiger partial charge in [-0.3, -0.25) is 4.79 Å². The molecule has 1 aliphatic carbocycles. The number of benzene rings is 1. The maximum atomic E-state index is 13.3. The Labute approximate surface area is 174 Å². The lowest BCUT2D eigenvalue weighted by atomic mass is 9.97. The molecule has 2 fully saturated rings. The number of alkyl halides is 6. The predicted octanol–water partition coefficient (Wildman–Crippen LogP) is 5.14. The summed E-state index contributed by atoms with van der Waals surface area (Å²) in [7, 11) is 1.54. The number of halogens is 6. The highest BCUT2D eigenvalue weighted by molar-refractivity contribution is 5.99. The number of pyridine rings is 1. The Bertz CT molecular complexity index is 943. The molecule has 4 rings (SSSR count). The van der Waals surface area contributed by atoms with Crippen LogP contribution in [0.15, 0.2) is 42.5 Å². The van der Waals surface area contributed by atoms with Crippen molar-refractivity contribution in [3.63, 3.8) is 0 Å². The van der Waals surface area contributed by atoms with Gasteiger partial charge in [-0.1, -0.05) is 18.2 Å². The summed E-state index contributed by atoms with van der Waals surface area (Å²) < 4.78 is 79.9. The van der Waals surface area contributed by atoms with Gasteiger partial charge in [0.1, 0.15) is 17.6 Å². The molecule has 3 atom stereocenters. The zero-order chi connectivity index (χ0) is 22.6. The van der Waals surface area contributed by atoms with Crippen LogP contribution in [0.1, 0.15) is 30.5 Å². The number of hydrogen-bond donors (Lipinski definition) is 0. The van der Waals surface area contributed by atoms with Crippen molar-refractivity contribution in [2.75, 3.05) is 16.8 Å². The normalized spacial score (nSPS) is 23.3. The number of hydrogen-bond acceptors (Lipinski definition) is 3. The first kappa shape index (κ1) is 21.5. The Hall–Kier alpha value is -2.78. The Kier molecular flexibility index (Phi) is 5.13. The van der Waals surface area contributed by atoms with Gasteiger partial charge < -0.3 is 9.80 Å². The van der Waals surface area contributed by atoms with Crippen molar-refractivity contribution in [2.24, 2.45) is 5.92 Å². The minimum absolute atomic E-state index is 0.00471. The first-order chi connectivity index (χ1) is 14.5. The molecule has 31 heavy (non-hydrogen) atoms. The van der Waals surface area contributed by atoms with E-state index >= 15 is 0 Å². The van der Waals surface area contributed by atoms with E-state index in [9.17, 15) is 31.1 Å². The molecule has 1 saturated heterocycles. The molecular weight excluding hydrogens is 424 g/mol. The number of para-hydroxylation sites is 1. The Morgan fingerprint density at radius 2 is 1.71 bits per heavy atom. The molecule has 166 valence electrons. The fourth-order valence-corrected chi connectivity index (χ4v) is 4.57. The Morgan fingerprint density at radius 3 is 2.32 bits per heavy atom. The maximum Gasteiger partial charge on any atom is 0.433 e. The quantitative estimate of drug-likeness (QED) is 0.617. The monoisotopic (exact) mass is 443 g/mol. The molecule has 2 heterocycles. The maximum absolute atomic E-state index is 13.3. The van der Waals surface area contributed by atoms with E-state index < -0.39 is 35.5 Å². The fraction of sp³-hybridized carbons (Fsp3) is 0.429. The Morgan fingerprint density at radius 1 is 1.03 bits per heavy atom. The van der Waals surface area contributed by atoms with Crippen LogP contribution in [0, 0.1) is 5.92 Å². The SMILES string of the molecule is CN(C(=O)[C@@H]1[C@H]2CC[C@H](C2)N1c1cc(C(F)(F)F)cc(C(F)(F)F)n1)c1ccccc1. The highest BCUT2D eigenvalue weighted by atomic mass is 19.4. The van der Waals surface area contributed by atoms with Gasteiger partial charge in [0.05, 0.1) is 5.56 Å². The molecule has 10 heteroatoms. The molecule has 0 unspecified atom stereocenters. The van der Waals surface area contributed by atoms with Crippen LogP contribution in [0.25, 0.3) is 0 Å². The van der Waals surface area contributed by atoms with Gasteiger partial charge in [-0.2, -0.15) is 26.3 Å². The summed E-state index contributed by atoms with van der Waals surface area (Å²) in [5, 5.41) is 0. The molecule has 1 amide bonds. The van der Waals surface area contributed by atoms with E-state index in [-0.39, 0.29) is 23.9 Å². The number of likely N-dealkylation sites (N-methyl/N-ethyl adjacent to an activating group) is 1. The molecule has 0 radical (unpaired) electrons. The molecule has 0 N–H and O–H groups in total. The number of amides is 1.